The molecule has 2 aliphatic heterocycles. The van der Waals surface area contributed by atoms with Crippen LogP contribution in [0.5, 0.6) is 0 Å². The summed E-state index contributed by atoms with van der Waals surface area (Å²) in [5.41, 5.74) is 4.09. The number of hydrogen-bond donors (Lipinski definition) is 1. The maximum Gasteiger partial charge on any atom is 0.223 e. The summed E-state index contributed by atoms with van der Waals surface area (Å²) < 4.78 is 1.98. The number of amides is 1. The molecule has 0 radical (unpaired) electrons. The van der Waals surface area contributed by atoms with Crippen LogP contribution in [0, 0.1) is 19.8 Å². The maximum absolute atomic E-state index is 12.8. The van der Waals surface area contributed by atoms with E-state index in [-0.39, 0.29) is 11.8 Å². The van der Waals surface area contributed by atoms with E-state index in [4.69, 9.17) is 0 Å². The molecule has 3 aromatic rings. The van der Waals surface area contributed by atoms with Crippen LogP contribution in [0.4, 0.5) is 10.8 Å². The molecule has 186 valence electrons. The number of benzene rings is 1. The van der Waals surface area contributed by atoms with Crippen LogP contribution in [0.25, 0.3) is 5.13 Å². The Morgan fingerprint density at radius 3 is 2.40 bits per heavy atom. The smallest absolute Gasteiger partial charge is 0.223 e. The van der Waals surface area contributed by atoms with Crippen LogP contribution in [-0.2, 0) is 4.79 Å². The topological polar surface area (TPSA) is 69.5 Å². The molecule has 5 rings (SSSR count). The molecule has 0 spiro atoms. The fraction of sp³-hybridized carbons (Fsp3) is 0.500. The van der Waals surface area contributed by atoms with Crippen molar-refractivity contribution in [1.29, 1.82) is 0 Å². The molecule has 1 amide bonds. The van der Waals surface area contributed by atoms with Gasteiger partial charge in [-0.1, -0.05) is 23.5 Å². The number of rotatable bonds is 7. The summed E-state index contributed by atoms with van der Waals surface area (Å²) in [4.78, 5) is 20.0. The highest BCUT2D eigenvalue weighted by Gasteiger charge is 2.27. The van der Waals surface area contributed by atoms with Gasteiger partial charge in [0.25, 0.3) is 0 Å². The third-order valence-electron chi connectivity index (χ3n) is 7.38. The highest BCUT2D eigenvalue weighted by molar-refractivity contribution is 7.17. The zero-order chi connectivity index (χ0) is 24.2. The molecule has 2 aromatic heterocycles. The molecule has 1 aromatic carbocycles. The molecule has 2 fully saturated rings. The van der Waals surface area contributed by atoms with Crippen LogP contribution in [-0.4, -0.2) is 77.9 Å². The summed E-state index contributed by atoms with van der Waals surface area (Å²) in [7, 11) is 0. The Bertz CT molecular complexity index is 1110. The minimum atomic E-state index is 0.0873. The van der Waals surface area contributed by atoms with Gasteiger partial charge in [-0.05, 0) is 56.0 Å². The van der Waals surface area contributed by atoms with Crippen molar-refractivity contribution in [2.45, 2.75) is 26.7 Å². The number of aryl methyl sites for hydroxylation is 1. The number of anilines is 2. The van der Waals surface area contributed by atoms with Crippen LogP contribution < -0.4 is 15.1 Å². The van der Waals surface area contributed by atoms with E-state index < -0.39 is 0 Å². The van der Waals surface area contributed by atoms with Gasteiger partial charge in [-0.25, -0.2) is 0 Å². The molecular formula is C26H35N7OS. The Hall–Kier alpha value is -2.91. The van der Waals surface area contributed by atoms with Crippen molar-refractivity contribution in [3.05, 3.63) is 53.9 Å². The molecule has 1 N–H and O–H groups in total. The number of carbonyl (C=O) groups is 1. The number of carbonyl (C=O) groups excluding carboxylic acids is 1. The molecule has 2 aliphatic rings. The van der Waals surface area contributed by atoms with E-state index in [1.54, 1.807) is 11.3 Å². The summed E-state index contributed by atoms with van der Waals surface area (Å²) in [6.45, 7) is 11.9. The van der Waals surface area contributed by atoms with Gasteiger partial charge in [-0.15, -0.1) is 10.2 Å². The number of nitrogens with one attached hydrogen (secondary N) is 1. The highest BCUT2D eigenvalue weighted by Crippen LogP contribution is 2.28. The Morgan fingerprint density at radius 2 is 1.66 bits per heavy atom. The molecule has 0 unspecified atom stereocenters. The first-order valence-electron chi connectivity index (χ1n) is 12.6. The SMILES string of the molecule is Cc1cccc(N2CCN(CCNC(=O)C3CCN(c4nnc(-n5cccc5)s4)CC3)CC2)c1C. The summed E-state index contributed by atoms with van der Waals surface area (Å²) in [6, 6.07) is 10.5. The van der Waals surface area contributed by atoms with E-state index in [0.29, 0.717) is 0 Å². The normalized spacial score (nSPS) is 17.7. The van der Waals surface area contributed by atoms with Gasteiger partial charge in [0.1, 0.15) is 0 Å². The van der Waals surface area contributed by atoms with E-state index in [1.807, 2.05) is 29.1 Å². The molecule has 9 heteroatoms. The summed E-state index contributed by atoms with van der Waals surface area (Å²) in [5.74, 6) is 0.285. The molecule has 0 aliphatic carbocycles. The Labute approximate surface area is 211 Å². The number of piperazine rings is 1. The van der Waals surface area contributed by atoms with Crippen molar-refractivity contribution in [1.82, 2.24) is 25.0 Å². The Kier molecular flexibility index (Phi) is 7.34. The number of piperidine rings is 1. The molecule has 0 saturated carbocycles. The first-order chi connectivity index (χ1) is 17.1. The van der Waals surface area contributed by atoms with Gasteiger partial charge >= 0.3 is 0 Å². The van der Waals surface area contributed by atoms with Gasteiger partial charge in [0.15, 0.2) is 0 Å². The van der Waals surface area contributed by atoms with E-state index >= 15 is 0 Å². The molecule has 0 bridgehead atoms. The van der Waals surface area contributed by atoms with Gasteiger partial charge in [0.05, 0.1) is 0 Å². The fourth-order valence-electron chi connectivity index (χ4n) is 5.01. The second-order valence-electron chi connectivity index (χ2n) is 9.56. The predicted octanol–water partition coefficient (Wildman–Crippen LogP) is 3.10. The maximum atomic E-state index is 12.8. The largest absolute Gasteiger partial charge is 0.369 e. The average molecular weight is 494 g/mol. The van der Waals surface area contributed by atoms with Gasteiger partial charge in [0, 0.05) is 76.4 Å². The van der Waals surface area contributed by atoms with Crippen LogP contribution >= 0.6 is 11.3 Å². The lowest BCUT2D eigenvalue weighted by molar-refractivity contribution is -0.125. The van der Waals surface area contributed by atoms with Crippen molar-refractivity contribution in [2.75, 3.05) is 62.2 Å². The number of aromatic nitrogens is 3. The van der Waals surface area contributed by atoms with Gasteiger partial charge in [0.2, 0.25) is 16.2 Å². The van der Waals surface area contributed by atoms with Crippen molar-refractivity contribution >= 4 is 28.1 Å². The van der Waals surface area contributed by atoms with Gasteiger partial charge in [-0.2, -0.15) is 0 Å². The minimum Gasteiger partial charge on any atom is -0.369 e. The summed E-state index contributed by atoms with van der Waals surface area (Å²) >= 11 is 1.59. The average Bonchev–Trinajstić information content (AvgIpc) is 3.59. The monoisotopic (exact) mass is 493 g/mol. The van der Waals surface area contributed by atoms with Crippen LogP contribution in [0.15, 0.2) is 42.7 Å². The second kappa shape index (κ2) is 10.8. The standard InChI is InChI=1S/C26H35N7OS/c1-20-6-5-7-23(21(20)2)31-18-16-30(17-19-31)15-10-27-24(34)22-8-13-33(14-9-22)26-29-28-25(35-26)32-11-3-4-12-32/h3-7,11-12,22H,8-10,13-19H2,1-2H3,(H,27,34). The zero-order valence-electron chi connectivity index (χ0n) is 20.7. The van der Waals surface area contributed by atoms with E-state index in [9.17, 15) is 4.79 Å². The molecule has 2 saturated heterocycles. The summed E-state index contributed by atoms with van der Waals surface area (Å²) in [6.07, 6.45) is 5.68. The van der Waals surface area contributed by atoms with Crippen molar-refractivity contribution < 1.29 is 4.79 Å². The lowest BCUT2D eigenvalue weighted by atomic mass is 9.96. The van der Waals surface area contributed by atoms with Crippen molar-refractivity contribution in [3.8, 4) is 5.13 Å². The fourth-order valence-corrected chi connectivity index (χ4v) is 5.87. The van der Waals surface area contributed by atoms with Crippen LogP contribution in [0.3, 0.4) is 0 Å². The first kappa shape index (κ1) is 23.8. The summed E-state index contributed by atoms with van der Waals surface area (Å²) in [5, 5.41) is 13.7. The molecule has 8 nitrogen and oxygen atoms in total. The third-order valence-corrected chi connectivity index (χ3v) is 8.38. The quantitative estimate of drug-likeness (QED) is 0.546. The zero-order valence-corrected chi connectivity index (χ0v) is 21.5. The minimum absolute atomic E-state index is 0.0873. The number of hydrogen-bond acceptors (Lipinski definition) is 7. The highest BCUT2D eigenvalue weighted by atomic mass is 32.1. The molecule has 4 heterocycles. The van der Waals surface area contributed by atoms with E-state index in [0.717, 1.165) is 75.5 Å². The first-order valence-corrected chi connectivity index (χ1v) is 13.4. The molecule has 35 heavy (non-hydrogen) atoms. The van der Waals surface area contributed by atoms with Crippen LogP contribution in [0.2, 0.25) is 0 Å². The molecule has 0 atom stereocenters. The predicted molar refractivity (Wildman–Crippen MR) is 142 cm³/mol. The Balaban J connectivity index is 1.02. The van der Waals surface area contributed by atoms with Crippen LogP contribution in [0.1, 0.15) is 24.0 Å². The lowest BCUT2D eigenvalue weighted by Crippen LogP contribution is -2.49. The third kappa shape index (κ3) is 5.51. The van der Waals surface area contributed by atoms with Gasteiger partial charge in [-0.3, -0.25) is 14.3 Å². The van der Waals surface area contributed by atoms with E-state index in [2.05, 4.69) is 62.3 Å². The van der Waals surface area contributed by atoms with Gasteiger partial charge < -0.3 is 15.1 Å². The van der Waals surface area contributed by atoms with Crippen molar-refractivity contribution in [3.63, 3.8) is 0 Å². The number of nitrogens with zero attached hydrogens (tertiary/aromatic N) is 6. The molecular weight excluding hydrogens is 458 g/mol. The van der Waals surface area contributed by atoms with Crippen molar-refractivity contribution in [2.24, 2.45) is 5.92 Å². The Morgan fingerprint density at radius 1 is 0.943 bits per heavy atom. The second-order valence-corrected chi connectivity index (χ2v) is 10.5. The lowest BCUT2D eigenvalue weighted by Gasteiger charge is -2.37. The van der Waals surface area contributed by atoms with E-state index in [1.165, 1.54) is 16.8 Å².